The number of benzene rings is 1. The second-order valence-electron chi connectivity index (χ2n) is 7.03. The van der Waals surface area contributed by atoms with E-state index in [1.54, 1.807) is 7.05 Å². The van der Waals surface area contributed by atoms with Crippen LogP contribution in [0.15, 0.2) is 29.3 Å². The fourth-order valence-corrected chi connectivity index (χ4v) is 3.13. The molecule has 2 unspecified atom stereocenters. The summed E-state index contributed by atoms with van der Waals surface area (Å²) in [5, 5.41) is 6.40. The SMILES string of the molecule is CN=C(NCC1CCN(CC(F)(F)F)C1)NCC(C)Oc1ccccc1C.I. The lowest BCUT2D eigenvalue weighted by molar-refractivity contribution is -0.143. The van der Waals surface area contributed by atoms with Crippen LogP contribution in [0.25, 0.3) is 0 Å². The molecule has 2 N–H and O–H groups in total. The minimum Gasteiger partial charge on any atom is -0.489 e. The van der Waals surface area contributed by atoms with Crippen molar-refractivity contribution in [2.45, 2.75) is 32.5 Å². The number of guanidine groups is 1. The Kier molecular flexibility index (Phi) is 10.4. The molecule has 0 saturated carbocycles. The van der Waals surface area contributed by atoms with Crippen LogP contribution in [-0.2, 0) is 0 Å². The zero-order valence-electron chi connectivity index (χ0n) is 16.6. The van der Waals surface area contributed by atoms with Crippen molar-refractivity contribution >= 4 is 29.9 Å². The number of halogens is 4. The fraction of sp³-hybridized carbons (Fsp3) is 0.632. The van der Waals surface area contributed by atoms with Crippen LogP contribution in [0.5, 0.6) is 5.75 Å². The number of alkyl halides is 3. The molecule has 1 aromatic carbocycles. The van der Waals surface area contributed by atoms with Crippen LogP contribution in [0, 0.1) is 12.8 Å². The van der Waals surface area contributed by atoms with Gasteiger partial charge in [-0.05, 0) is 44.4 Å². The summed E-state index contributed by atoms with van der Waals surface area (Å²) >= 11 is 0. The number of nitrogens with zero attached hydrogens (tertiary/aromatic N) is 2. The van der Waals surface area contributed by atoms with Gasteiger partial charge in [0.2, 0.25) is 0 Å². The van der Waals surface area contributed by atoms with Gasteiger partial charge in [0.25, 0.3) is 0 Å². The van der Waals surface area contributed by atoms with Crippen molar-refractivity contribution in [3.05, 3.63) is 29.8 Å². The van der Waals surface area contributed by atoms with E-state index < -0.39 is 12.7 Å². The van der Waals surface area contributed by atoms with Crippen LogP contribution in [0.1, 0.15) is 18.9 Å². The highest BCUT2D eigenvalue weighted by Crippen LogP contribution is 2.22. The molecule has 2 rings (SSSR count). The largest absolute Gasteiger partial charge is 0.489 e. The van der Waals surface area contributed by atoms with Crippen molar-refractivity contribution in [1.82, 2.24) is 15.5 Å². The quantitative estimate of drug-likeness (QED) is 0.333. The monoisotopic (exact) mass is 514 g/mol. The topological polar surface area (TPSA) is 48.9 Å². The third-order valence-electron chi connectivity index (χ3n) is 4.53. The van der Waals surface area contributed by atoms with E-state index in [1.165, 1.54) is 4.90 Å². The molecular weight excluding hydrogens is 484 g/mol. The Morgan fingerprint density at radius 3 is 2.68 bits per heavy atom. The van der Waals surface area contributed by atoms with Crippen LogP contribution in [0.3, 0.4) is 0 Å². The van der Waals surface area contributed by atoms with E-state index in [9.17, 15) is 13.2 Å². The van der Waals surface area contributed by atoms with E-state index in [0.717, 1.165) is 17.7 Å². The summed E-state index contributed by atoms with van der Waals surface area (Å²) in [7, 11) is 1.67. The first-order valence-corrected chi connectivity index (χ1v) is 9.22. The Morgan fingerprint density at radius 1 is 1.32 bits per heavy atom. The van der Waals surface area contributed by atoms with Gasteiger partial charge in [-0.15, -0.1) is 24.0 Å². The molecule has 2 atom stereocenters. The normalized spacial score (nSPS) is 19.1. The smallest absolute Gasteiger partial charge is 0.401 e. The Hall–Kier alpha value is -1.23. The van der Waals surface area contributed by atoms with Crippen molar-refractivity contribution in [2.75, 3.05) is 39.8 Å². The third kappa shape index (κ3) is 8.85. The van der Waals surface area contributed by atoms with E-state index in [1.807, 2.05) is 38.1 Å². The predicted molar refractivity (Wildman–Crippen MR) is 117 cm³/mol. The van der Waals surface area contributed by atoms with Gasteiger partial charge in [0.05, 0.1) is 13.1 Å². The van der Waals surface area contributed by atoms with Crippen molar-refractivity contribution in [2.24, 2.45) is 10.9 Å². The third-order valence-corrected chi connectivity index (χ3v) is 4.53. The molecule has 1 aliphatic heterocycles. The van der Waals surface area contributed by atoms with E-state index in [-0.39, 0.29) is 36.0 Å². The average Bonchev–Trinajstić information content (AvgIpc) is 3.02. The van der Waals surface area contributed by atoms with Crippen molar-refractivity contribution in [3.8, 4) is 5.75 Å². The van der Waals surface area contributed by atoms with Gasteiger partial charge in [-0.2, -0.15) is 13.2 Å². The molecule has 160 valence electrons. The Morgan fingerprint density at radius 2 is 2.04 bits per heavy atom. The number of aryl methyl sites for hydroxylation is 1. The van der Waals surface area contributed by atoms with E-state index in [0.29, 0.717) is 32.1 Å². The minimum atomic E-state index is -4.13. The van der Waals surface area contributed by atoms with Crippen LogP contribution in [0.4, 0.5) is 13.2 Å². The minimum absolute atomic E-state index is 0. The van der Waals surface area contributed by atoms with Crippen molar-refractivity contribution in [3.63, 3.8) is 0 Å². The molecule has 1 aliphatic rings. The first-order valence-electron chi connectivity index (χ1n) is 9.22. The van der Waals surface area contributed by atoms with Crippen LogP contribution in [0.2, 0.25) is 0 Å². The van der Waals surface area contributed by atoms with E-state index in [2.05, 4.69) is 15.6 Å². The highest BCUT2D eigenvalue weighted by molar-refractivity contribution is 14.0. The number of hydrogen-bond donors (Lipinski definition) is 2. The molecule has 1 heterocycles. The number of likely N-dealkylation sites (tertiary alicyclic amines) is 1. The lowest BCUT2D eigenvalue weighted by atomic mass is 10.1. The maximum atomic E-state index is 12.5. The van der Waals surface area contributed by atoms with Gasteiger partial charge < -0.3 is 15.4 Å². The number of rotatable bonds is 7. The summed E-state index contributed by atoms with van der Waals surface area (Å²) in [6.45, 7) is 5.25. The summed E-state index contributed by atoms with van der Waals surface area (Å²) in [6.07, 6.45) is -3.43. The summed E-state index contributed by atoms with van der Waals surface area (Å²) < 4.78 is 43.3. The second kappa shape index (κ2) is 11.7. The molecule has 9 heteroatoms. The van der Waals surface area contributed by atoms with Crippen LogP contribution >= 0.6 is 24.0 Å². The lowest BCUT2D eigenvalue weighted by Crippen LogP contribution is -2.43. The highest BCUT2D eigenvalue weighted by atomic mass is 127. The maximum Gasteiger partial charge on any atom is 0.401 e. The van der Waals surface area contributed by atoms with Crippen LogP contribution < -0.4 is 15.4 Å². The zero-order valence-corrected chi connectivity index (χ0v) is 18.9. The number of ether oxygens (including phenoxy) is 1. The van der Waals surface area contributed by atoms with Gasteiger partial charge in [0.1, 0.15) is 11.9 Å². The standard InChI is InChI=1S/C19H29F3N4O.HI/c1-14-6-4-5-7-17(14)27-15(2)10-24-18(23-3)25-11-16-8-9-26(12-16)13-19(20,21)22;/h4-7,15-16H,8-13H2,1-3H3,(H2,23,24,25);1H. The molecule has 28 heavy (non-hydrogen) atoms. The Bertz CT molecular complexity index is 627. The first-order chi connectivity index (χ1) is 12.8. The summed E-state index contributed by atoms with van der Waals surface area (Å²) in [5.41, 5.74) is 1.08. The number of hydrogen-bond acceptors (Lipinski definition) is 3. The summed E-state index contributed by atoms with van der Waals surface area (Å²) in [4.78, 5) is 5.63. The molecule has 0 aromatic heterocycles. The Balaban J connectivity index is 0.00000392. The molecule has 5 nitrogen and oxygen atoms in total. The highest BCUT2D eigenvalue weighted by Gasteiger charge is 2.34. The number of para-hydroxylation sites is 1. The molecule has 0 amide bonds. The van der Waals surface area contributed by atoms with Gasteiger partial charge in [-0.25, -0.2) is 0 Å². The molecule has 0 radical (unpaired) electrons. The van der Waals surface area contributed by atoms with Gasteiger partial charge in [-0.3, -0.25) is 9.89 Å². The average molecular weight is 514 g/mol. The Labute approximate surface area is 182 Å². The zero-order chi connectivity index (χ0) is 19.9. The summed E-state index contributed by atoms with van der Waals surface area (Å²) in [5.74, 6) is 1.67. The molecule has 0 spiro atoms. The van der Waals surface area contributed by atoms with Gasteiger partial charge in [-0.1, -0.05) is 18.2 Å². The molecule has 0 aliphatic carbocycles. The fourth-order valence-electron chi connectivity index (χ4n) is 3.13. The van der Waals surface area contributed by atoms with Gasteiger partial charge in [0, 0.05) is 20.1 Å². The van der Waals surface area contributed by atoms with Gasteiger partial charge >= 0.3 is 6.18 Å². The molecule has 0 bridgehead atoms. The molecular formula is C19H30F3IN4O. The van der Waals surface area contributed by atoms with E-state index in [4.69, 9.17) is 4.74 Å². The van der Waals surface area contributed by atoms with Crippen molar-refractivity contribution in [1.29, 1.82) is 0 Å². The first kappa shape index (κ1) is 24.8. The molecule has 1 saturated heterocycles. The number of aliphatic imine (C=N–C) groups is 1. The summed E-state index contributed by atoms with van der Waals surface area (Å²) in [6, 6.07) is 7.84. The van der Waals surface area contributed by atoms with Gasteiger partial charge in [0.15, 0.2) is 5.96 Å². The molecule has 1 aromatic rings. The lowest BCUT2D eigenvalue weighted by Gasteiger charge is -2.20. The van der Waals surface area contributed by atoms with E-state index >= 15 is 0 Å². The second-order valence-corrected chi connectivity index (χ2v) is 7.03. The molecule has 1 fully saturated rings. The predicted octanol–water partition coefficient (Wildman–Crippen LogP) is 3.43. The van der Waals surface area contributed by atoms with Crippen LogP contribution in [-0.4, -0.2) is 62.9 Å². The van der Waals surface area contributed by atoms with Crippen molar-refractivity contribution < 1.29 is 17.9 Å². The number of nitrogens with one attached hydrogen (secondary N) is 2. The maximum absolute atomic E-state index is 12.5.